The zero-order valence-corrected chi connectivity index (χ0v) is 11.2. The molecule has 94 valence electrons. The highest BCUT2D eigenvalue weighted by atomic mass is 16.6. The van der Waals surface area contributed by atoms with Crippen LogP contribution in [0, 0.1) is 10.8 Å². The third-order valence-corrected chi connectivity index (χ3v) is 3.29. The SMILES string of the molecule is CC(=O)OC1(CN)CC(C)(C)CC(C)(C)C1. The van der Waals surface area contributed by atoms with Crippen LogP contribution < -0.4 is 5.73 Å². The number of ether oxygens (including phenoxy) is 1. The van der Waals surface area contributed by atoms with E-state index in [9.17, 15) is 4.79 Å². The molecule has 0 aromatic carbocycles. The molecule has 0 atom stereocenters. The number of carbonyl (C=O) groups is 1. The van der Waals surface area contributed by atoms with Crippen LogP contribution in [-0.4, -0.2) is 18.1 Å². The Labute approximate surface area is 98.7 Å². The summed E-state index contributed by atoms with van der Waals surface area (Å²) in [7, 11) is 0. The van der Waals surface area contributed by atoms with Gasteiger partial charge in [0.25, 0.3) is 0 Å². The van der Waals surface area contributed by atoms with E-state index in [1.807, 2.05) is 0 Å². The predicted octanol–water partition coefficient (Wildman–Crippen LogP) is 2.48. The van der Waals surface area contributed by atoms with E-state index in [-0.39, 0.29) is 16.8 Å². The predicted molar refractivity (Wildman–Crippen MR) is 65.0 cm³/mol. The summed E-state index contributed by atoms with van der Waals surface area (Å²) in [5.74, 6) is -0.223. The molecule has 1 aliphatic rings. The van der Waals surface area contributed by atoms with Crippen LogP contribution in [0.15, 0.2) is 0 Å². The Morgan fingerprint density at radius 1 is 1.12 bits per heavy atom. The van der Waals surface area contributed by atoms with Crippen LogP contribution in [0.3, 0.4) is 0 Å². The average molecular weight is 227 g/mol. The maximum atomic E-state index is 11.2. The van der Waals surface area contributed by atoms with E-state index in [1.165, 1.54) is 6.92 Å². The summed E-state index contributed by atoms with van der Waals surface area (Å²) in [5.41, 5.74) is 5.74. The van der Waals surface area contributed by atoms with E-state index >= 15 is 0 Å². The van der Waals surface area contributed by atoms with Gasteiger partial charge in [-0.1, -0.05) is 27.7 Å². The van der Waals surface area contributed by atoms with Crippen molar-refractivity contribution in [2.45, 2.75) is 59.5 Å². The van der Waals surface area contributed by atoms with Crippen LogP contribution in [0.4, 0.5) is 0 Å². The Balaban J connectivity index is 2.96. The number of nitrogens with two attached hydrogens (primary N) is 1. The monoisotopic (exact) mass is 227 g/mol. The Morgan fingerprint density at radius 2 is 1.56 bits per heavy atom. The first-order valence-corrected chi connectivity index (χ1v) is 6.00. The van der Waals surface area contributed by atoms with Gasteiger partial charge in [0, 0.05) is 13.5 Å². The van der Waals surface area contributed by atoms with Gasteiger partial charge in [-0.2, -0.15) is 0 Å². The Morgan fingerprint density at radius 3 is 1.88 bits per heavy atom. The quantitative estimate of drug-likeness (QED) is 0.737. The lowest BCUT2D eigenvalue weighted by atomic mass is 9.59. The molecule has 0 radical (unpaired) electrons. The fourth-order valence-electron chi connectivity index (χ4n) is 3.79. The maximum Gasteiger partial charge on any atom is 0.303 e. The molecule has 0 unspecified atom stereocenters. The molecule has 0 amide bonds. The van der Waals surface area contributed by atoms with Crippen molar-refractivity contribution in [1.82, 2.24) is 0 Å². The standard InChI is InChI=1S/C13H25NO2/c1-10(15)16-13(9-14)7-11(2,3)6-12(4,5)8-13/h6-9,14H2,1-5H3. The summed E-state index contributed by atoms with van der Waals surface area (Å²) in [6, 6.07) is 0. The van der Waals surface area contributed by atoms with Gasteiger partial charge < -0.3 is 10.5 Å². The van der Waals surface area contributed by atoms with E-state index in [0.29, 0.717) is 6.54 Å². The summed E-state index contributed by atoms with van der Waals surface area (Å²) in [6.45, 7) is 10.8. The first kappa shape index (κ1) is 13.5. The Hall–Kier alpha value is -0.570. The second-order valence-corrected chi connectivity index (χ2v) is 6.84. The molecule has 0 heterocycles. The number of esters is 1. The highest BCUT2D eigenvalue weighted by molar-refractivity contribution is 5.66. The van der Waals surface area contributed by atoms with Crippen LogP contribution in [0.5, 0.6) is 0 Å². The highest BCUT2D eigenvalue weighted by Crippen LogP contribution is 2.51. The van der Waals surface area contributed by atoms with Gasteiger partial charge in [0.1, 0.15) is 5.60 Å². The molecular formula is C13H25NO2. The van der Waals surface area contributed by atoms with Crippen molar-refractivity contribution in [2.24, 2.45) is 16.6 Å². The van der Waals surface area contributed by atoms with Crippen LogP contribution >= 0.6 is 0 Å². The molecule has 3 nitrogen and oxygen atoms in total. The summed E-state index contributed by atoms with van der Waals surface area (Å²) < 4.78 is 5.54. The third-order valence-electron chi connectivity index (χ3n) is 3.29. The van der Waals surface area contributed by atoms with Gasteiger partial charge in [0.15, 0.2) is 0 Å². The van der Waals surface area contributed by atoms with E-state index < -0.39 is 5.60 Å². The maximum absolute atomic E-state index is 11.2. The summed E-state index contributed by atoms with van der Waals surface area (Å²) in [4.78, 5) is 11.2. The minimum absolute atomic E-state index is 0.177. The second kappa shape index (κ2) is 4.02. The molecule has 0 aromatic rings. The molecule has 16 heavy (non-hydrogen) atoms. The lowest BCUT2D eigenvalue weighted by molar-refractivity contribution is -0.170. The largest absolute Gasteiger partial charge is 0.458 e. The Bertz CT molecular complexity index is 266. The number of hydrogen-bond donors (Lipinski definition) is 1. The molecular weight excluding hydrogens is 202 g/mol. The zero-order valence-electron chi connectivity index (χ0n) is 11.2. The normalized spacial score (nSPS) is 26.1. The lowest BCUT2D eigenvalue weighted by Gasteiger charge is -2.50. The van der Waals surface area contributed by atoms with E-state index in [2.05, 4.69) is 27.7 Å². The number of rotatable bonds is 2. The van der Waals surface area contributed by atoms with Crippen molar-refractivity contribution in [3.8, 4) is 0 Å². The first-order chi connectivity index (χ1) is 7.10. The molecule has 0 saturated heterocycles. The van der Waals surface area contributed by atoms with Gasteiger partial charge in [-0.05, 0) is 30.1 Å². The van der Waals surface area contributed by atoms with Gasteiger partial charge >= 0.3 is 5.97 Å². The van der Waals surface area contributed by atoms with Crippen molar-refractivity contribution >= 4 is 5.97 Å². The summed E-state index contributed by atoms with van der Waals surface area (Å²) >= 11 is 0. The van der Waals surface area contributed by atoms with Crippen LogP contribution in [-0.2, 0) is 9.53 Å². The fraction of sp³-hybridized carbons (Fsp3) is 0.923. The fourth-order valence-corrected chi connectivity index (χ4v) is 3.79. The van der Waals surface area contributed by atoms with Crippen molar-refractivity contribution in [1.29, 1.82) is 0 Å². The van der Waals surface area contributed by atoms with Crippen molar-refractivity contribution < 1.29 is 9.53 Å². The van der Waals surface area contributed by atoms with Crippen LogP contribution in [0.25, 0.3) is 0 Å². The topological polar surface area (TPSA) is 52.3 Å². The summed E-state index contributed by atoms with van der Waals surface area (Å²) in [5, 5.41) is 0. The van der Waals surface area contributed by atoms with Crippen molar-refractivity contribution in [2.75, 3.05) is 6.54 Å². The molecule has 0 aliphatic heterocycles. The molecule has 1 saturated carbocycles. The van der Waals surface area contributed by atoms with E-state index in [1.54, 1.807) is 0 Å². The third kappa shape index (κ3) is 3.21. The average Bonchev–Trinajstić information content (AvgIpc) is 1.96. The van der Waals surface area contributed by atoms with E-state index in [0.717, 1.165) is 19.3 Å². The van der Waals surface area contributed by atoms with Gasteiger partial charge in [-0.15, -0.1) is 0 Å². The molecule has 1 aliphatic carbocycles. The first-order valence-electron chi connectivity index (χ1n) is 6.00. The highest BCUT2D eigenvalue weighted by Gasteiger charge is 2.48. The Kier molecular flexibility index (Phi) is 3.39. The summed E-state index contributed by atoms with van der Waals surface area (Å²) in [6.07, 6.45) is 2.86. The van der Waals surface area contributed by atoms with E-state index in [4.69, 9.17) is 10.5 Å². The molecule has 0 bridgehead atoms. The molecule has 3 heteroatoms. The van der Waals surface area contributed by atoms with Crippen LogP contribution in [0.2, 0.25) is 0 Å². The van der Waals surface area contributed by atoms with Crippen molar-refractivity contribution in [3.63, 3.8) is 0 Å². The molecule has 0 aromatic heterocycles. The van der Waals surface area contributed by atoms with Gasteiger partial charge in [0.05, 0.1) is 0 Å². The lowest BCUT2D eigenvalue weighted by Crippen LogP contribution is -2.52. The minimum Gasteiger partial charge on any atom is -0.458 e. The van der Waals surface area contributed by atoms with Crippen LogP contribution in [0.1, 0.15) is 53.9 Å². The molecule has 1 fully saturated rings. The van der Waals surface area contributed by atoms with Gasteiger partial charge in [0.2, 0.25) is 0 Å². The zero-order chi connectivity index (χ0) is 12.6. The molecule has 1 rings (SSSR count). The minimum atomic E-state index is -0.461. The number of hydrogen-bond acceptors (Lipinski definition) is 3. The van der Waals surface area contributed by atoms with Gasteiger partial charge in [-0.3, -0.25) is 4.79 Å². The number of carbonyl (C=O) groups excluding carboxylic acids is 1. The van der Waals surface area contributed by atoms with Crippen molar-refractivity contribution in [3.05, 3.63) is 0 Å². The smallest absolute Gasteiger partial charge is 0.303 e. The van der Waals surface area contributed by atoms with Gasteiger partial charge in [-0.25, -0.2) is 0 Å². The molecule has 0 spiro atoms. The molecule has 2 N–H and O–H groups in total. The second-order valence-electron chi connectivity index (χ2n) is 6.84.